The lowest BCUT2D eigenvalue weighted by atomic mass is 10.0. The van der Waals surface area contributed by atoms with Crippen LogP contribution in [0.3, 0.4) is 0 Å². The summed E-state index contributed by atoms with van der Waals surface area (Å²) >= 11 is 6.14. The van der Waals surface area contributed by atoms with Gasteiger partial charge in [0, 0.05) is 66.8 Å². The van der Waals surface area contributed by atoms with Crippen molar-refractivity contribution in [1.29, 1.82) is 0 Å². The molecule has 2 aromatic rings. The molecule has 5 rings (SSSR count). The number of H-pyrrole nitrogens is 1. The summed E-state index contributed by atoms with van der Waals surface area (Å²) in [6.45, 7) is 6.20. The molecule has 1 aromatic heterocycles. The third kappa shape index (κ3) is 4.31. The number of aliphatic hydroxyl groups excluding tert-OH is 1. The third-order valence-electron chi connectivity index (χ3n) is 6.56. The Kier molecular flexibility index (Phi) is 6.01. The van der Waals surface area contributed by atoms with Gasteiger partial charge in [-0.05, 0) is 36.8 Å². The van der Waals surface area contributed by atoms with Crippen LogP contribution in [0.1, 0.15) is 32.9 Å². The van der Waals surface area contributed by atoms with Crippen molar-refractivity contribution in [3.63, 3.8) is 0 Å². The first-order valence-corrected chi connectivity index (χ1v) is 11.6. The molecule has 174 valence electrons. The number of fused-ring (bicyclic) bond motifs is 2. The number of morpholine rings is 1. The van der Waals surface area contributed by atoms with Crippen LogP contribution < -0.4 is 5.32 Å². The summed E-state index contributed by atoms with van der Waals surface area (Å²) in [6.07, 6.45) is 1.85. The smallest absolute Gasteiger partial charge is 0.256 e. The molecule has 1 fully saturated rings. The van der Waals surface area contributed by atoms with Crippen molar-refractivity contribution in [1.82, 2.24) is 14.8 Å². The fourth-order valence-corrected chi connectivity index (χ4v) is 5.00. The summed E-state index contributed by atoms with van der Waals surface area (Å²) in [7, 11) is 0. The quantitative estimate of drug-likeness (QED) is 0.582. The third-order valence-corrected chi connectivity index (χ3v) is 6.79. The Hall–Kier alpha value is -2.65. The van der Waals surface area contributed by atoms with Gasteiger partial charge in [-0.2, -0.15) is 0 Å². The number of hydrogen-bond acceptors (Lipinski definition) is 5. The average Bonchev–Trinajstić information content (AvgIpc) is 3.27. The molecule has 1 aromatic carbocycles. The molecule has 9 heteroatoms. The summed E-state index contributed by atoms with van der Waals surface area (Å²) in [5.41, 5.74) is 5.03. The number of amides is 2. The van der Waals surface area contributed by atoms with Crippen LogP contribution >= 0.6 is 11.6 Å². The van der Waals surface area contributed by atoms with Gasteiger partial charge in [-0.3, -0.25) is 14.5 Å². The molecule has 0 bridgehead atoms. The molecule has 0 radical (unpaired) electrons. The first kappa shape index (κ1) is 22.2. The van der Waals surface area contributed by atoms with E-state index in [9.17, 15) is 14.7 Å². The first-order chi connectivity index (χ1) is 15.9. The number of β-amino-alcohol motifs (C(OH)–C–C–N with tert-alkyl or cyclic N) is 1. The second kappa shape index (κ2) is 8.95. The number of carbonyl (C=O) groups excluding carboxylic acids is 2. The van der Waals surface area contributed by atoms with Crippen LogP contribution in [0.15, 0.2) is 18.2 Å². The number of anilines is 1. The Balaban J connectivity index is 1.35. The van der Waals surface area contributed by atoms with Crippen molar-refractivity contribution in [2.45, 2.75) is 19.4 Å². The molecule has 1 atom stereocenters. The van der Waals surface area contributed by atoms with Crippen LogP contribution in [0.2, 0.25) is 5.02 Å². The van der Waals surface area contributed by atoms with E-state index in [1.165, 1.54) is 0 Å². The van der Waals surface area contributed by atoms with Crippen molar-refractivity contribution in [3.05, 3.63) is 51.3 Å². The zero-order chi connectivity index (χ0) is 23.1. The summed E-state index contributed by atoms with van der Waals surface area (Å²) in [6, 6.07) is 5.29. The lowest BCUT2D eigenvalue weighted by molar-refractivity contribution is -0.110. The fourth-order valence-electron chi connectivity index (χ4n) is 4.82. The standard InChI is InChI=1S/C24H27ClN4O4/c1-14-21(11-18-17-10-15(25)2-3-19(17)27-23(18)31)26-20-4-5-29(24(32)22(14)20)13-16(30)12-28-6-8-33-9-7-28/h2-3,10-11,16,26,30H,4-9,12-13H2,1H3,(H,27,31)/b18-11-/t16-/m1/s1. The molecular formula is C24H27ClN4O4. The van der Waals surface area contributed by atoms with Gasteiger partial charge >= 0.3 is 0 Å². The second-order valence-corrected chi connectivity index (χ2v) is 9.22. The van der Waals surface area contributed by atoms with Gasteiger partial charge in [-0.1, -0.05) is 11.6 Å². The highest BCUT2D eigenvalue weighted by atomic mass is 35.5. The van der Waals surface area contributed by atoms with Gasteiger partial charge in [0.25, 0.3) is 11.8 Å². The van der Waals surface area contributed by atoms with Crippen molar-refractivity contribution in [3.8, 4) is 0 Å². The first-order valence-electron chi connectivity index (χ1n) is 11.2. The maximum atomic E-state index is 13.3. The van der Waals surface area contributed by atoms with Crippen molar-refractivity contribution >= 4 is 40.8 Å². The van der Waals surface area contributed by atoms with Gasteiger partial charge in [0.05, 0.1) is 30.5 Å². The molecule has 3 N–H and O–H groups in total. The van der Waals surface area contributed by atoms with E-state index in [0.29, 0.717) is 55.4 Å². The van der Waals surface area contributed by atoms with Crippen molar-refractivity contribution in [2.24, 2.45) is 0 Å². The van der Waals surface area contributed by atoms with Crippen LogP contribution in [-0.2, 0) is 16.0 Å². The lowest BCUT2D eigenvalue weighted by Crippen LogP contribution is -2.47. The Bertz CT molecular complexity index is 1140. The van der Waals surface area contributed by atoms with E-state index in [1.807, 2.05) is 6.92 Å². The van der Waals surface area contributed by atoms with Gasteiger partial charge in [-0.15, -0.1) is 0 Å². The van der Waals surface area contributed by atoms with Gasteiger partial charge in [0.15, 0.2) is 0 Å². The predicted molar refractivity (Wildman–Crippen MR) is 126 cm³/mol. The van der Waals surface area contributed by atoms with Gasteiger partial charge < -0.3 is 25.0 Å². The minimum Gasteiger partial charge on any atom is -0.390 e. The number of aromatic nitrogens is 1. The Morgan fingerprint density at radius 3 is 2.79 bits per heavy atom. The van der Waals surface area contributed by atoms with E-state index in [-0.39, 0.29) is 11.8 Å². The van der Waals surface area contributed by atoms with Gasteiger partial charge in [0.1, 0.15) is 0 Å². The minimum absolute atomic E-state index is 0.0880. The molecule has 33 heavy (non-hydrogen) atoms. The molecule has 3 aliphatic rings. The number of nitrogens with one attached hydrogen (secondary N) is 2. The van der Waals surface area contributed by atoms with Crippen LogP contribution in [-0.4, -0.2) is 83.7 Å². The number of rotatable bonds is 5. The lowest BCUT2D eigenvalue weighted by Gasteiger charge is -2.32. The number of benzene rings is 1. The molecular weight excluding hydrogens is 444 g/mol. The molecule has 2 amide bonds. The molecule has 0 aliphatic carbocycles. The molecule has 0 spiro atoms. The molecule has 8 nitrogen and oxygen atoms in total. The Morgan fingerprint density at radius 1 is 1.21 bits per heavy atom. The van der Waals surface area contributed by atoms with Crippen molar-refractivity contribution in [2.75, 3.05) is 51.3 Å². The van der Waals surface area contributed by atoms with Crippen LogP contribution in [0.5, 0.6) is 0 Å². The average molecular weight is 471 g/mol. The largest absolute Gasteiger partial charge is 0.390 e. The van der Waals surface area contributed by atoms with E-state index >= 15 is 0 Å². The highest BCUT2D eigenvalue weighted by molar-refractivity contribution is 6.36. The van der Waals surface area contributed by atoms with Crippen LogP contribution in [0.25, 0.3) is 11.6 Å². The Labute approximate surface area is 197 Å². The highest BCUT2D eigenvalue weighted by Crippen LogP contribution is 2.36. The molecule has 1 saturated heterocycles. The fraction of sp³-hybridized carbons (Fsp3) is 0.417. The zero-order valence-corrected chi connectivity index (χ0v) is 19.2. The van der Waals surface area contributed by atoms with E-state index in [0.717, 1.165) is 41.3 Å². The number of carbonyl (C=O) groups is 2. The number of nitrogens with zero attached hydrogens (tertiary/aromatic N) is 2. The van der Waals surface area contributed by atoms with Crippen LogP contribution in [0, 0.1) is 6.92 Å². The number of halogens is 1. The van der Waals surface area contributed by atoms with E-state index in [4.69, 9.17) is 16.3 Å². The topological polar surface area (TPSA) is 97.9 Å². The zero-order valence-electron chi connectivity index (χ0n) is 18.5. The molecule has 4 heterocycles. The van der Waals surface area contributed by atoms with Gasteiger partial charge in [0.2, 0.25) is 0 Å². The second-order valence-electron chi connectivity index (χ2n) is 8.79. The monoisotopic (exact) mass is 470 g/mol. The molecule has 3 aliphatic heterocycles. The summed E-state index contributed by atoms with van der Waals surface area (Å²) in [4.78, 5) is 33.0. The molecule has 0 saturated carbocycles. The number of hydrogen-bond donors (Lipinski definition) is 3. The number of ether oxygens (including phenoxy) is 1. The Morgan fingerprint density at radius 2 is 2.00 bits per heavy atom. The van der Waals surface area contributed by atoms with E-state index in [2.05, 4.69) is 15.2 Å². The summed E-state index contributed by atoms with van der Waals surface area (Å²) in [5, 5.41) is 14.0. The number of aliphatic hydroxyl groups is 1. The maximum absolute atomic E-state index is 13.3. The van der Waals surface area contributed by atoms with E-state index in [1.54, 1.807) is 29.2 Å². The summed E-state index contributed by atoms with van der Waals surface area (Å²) < 4.78 is 5.35. The predicted octanol–water partition coefficient (Wildman–Crippen LogP) is 2.16. The normalized spacial score (nSPS) is 20.7. The maximum Gasteiger partial charge on any atom is 0.256 e. The summed E-state index contributed by atoms with van der Waals surface area (Å²) in [5.74, 6) is -0.284. The molecule has 0 unspecified atom stereocenters. The van der Waals surface area contributed by atoms with Crippen molar-refractivity contribution < 1.29 is 19.4 Å². The van der Waals surface area contributed by atoms with Crippen LogP contribution in [0.4, 0.5) is 5.69 Å². The SMILES string of the molecule is Cc1c(/C=C2\C(=O)Nc3ccc(Cl)cc32)[nH]c2c1C(=O)N(C[C@H](O)CN1CCOCC1)CC2. The minimum atomic E-state index is -0.613. The van der Waals surface area contributed by atoms with E-state index < -0.39 is 6.10 Å². The highest BCUT2D eigenvalue weighted by Gasteiger charge is 2.31. The number of aromatic amines is 1. The van der Waals surface area contributed by atoms with Gasteiger partial charge in [-0.25, -0.2) is 0 Å².